The summed E-state index contributed by atoms with van der Waals surface area (Å²) in [5, 5.41) is 0. The van der Waals surface area contributed by atoms with Gasteiger partial charge >= 0.3 is 0 Å². The fraction of sp³-hybridized carbons (Fsp3) is 0.500. The lowest BCUT2D eigenvalue weighted by Gasteiger charge is -2.13. The van der Waals surface area contributed by atoms with Gasteiger partial charge in [-0.25, -0.2) is 4.99 Å². The number of hydrogen-bond donors (Lipinski definition) is 1. The van der Waals surface area contributed by atoms with Gasteiger partial charge in [-0.05, 0) is 23.6 Å². The van der Waals surface area contributed by atoms with Gasteiger partial charge in [0.2, 0.25) is 0 Å². The molecule has 0 bridgehead atoms. The number of hydrogen-bond acceptors (Lipinski definition) is 4. The number of aliphatic imine (C=N–C) groups is 1. The monoisotopic (exact) mass is 249 g/mol. The predicted molar refractivity (Wildman–Crippen MR) is 77.3 cm³/mol. The molecule has 0 unspecified atom stereocenters. The molecule has 1 heterocycles. The van der Waals surface area contributed by atoms with Crippen molar-refractivity contribution in [2.24, 2.45) is 10.7 Å². The molecule has 0 atom stereocenters. The van der Waals surface area contributed by atoms with Crippen LogP contribution in [0, 0.1) is 0 Å². The van der Waals surface area contributed by atoms with Crippen LogP contribution in [0.2, 0.25) is 0 Å². The molecule has 0 amide bonds. The number of anilines is 1. The summed E-state index contributed by atoms with van der Waals surface area (Å²) in [6, 6.07) is 9.04. The van der Waals surface area contributed by atoms with E-state index in [1.165, 1.54) is 11.3 Å². The molecule has 1 aromatic carbocycles. The second-order valence-electron chi connectivity index (χ2n) is 4.71. The summed E-state index contributed by atoms with van der Waals surface area (Å²) >= 11 is 0. The molecule has 18 heavy (non-hydrogen) atoms. The topological polar surface area (TPSA) is 50.8 Å². The summed E-state index contributed by atoms with van der Waals surface area (Å²) in [6.45, 7) is 5.81. The Hall–Kier alpha value is -1.71. The second kappa shape index (κ2) is 6.89. The van der Waals surface area contributed by atoms with Crippen molar-refractivity contribution >= 4 is 11.7 Å². The average molecular weight is 249 g/mol. The summed E-state index contributed by atoms with van der Waals surface area (Å²) in [4.78, 5) is 5.82. The number of nitrogens with zero attached hydrogens (tertiary/aromatic N) is 2. The molecule has 0 aromatic heterocycles. The summed E-state index contributed by atoms with van der Waals surface area (Å²) < 4.78 is 4.68. The lowest BCUT2D eigenvalue weighted by atomic mass is 10.0. The molecular formula is C14H23N3O. The number of benzene rings is 1. The number of amidine groups is 1. The normalized spacial score (nSPS) is 13.5. The summed E-state index contributed by atoms with van der Waals surface area (Å²) in [5.41, 5.74) is 7.73. The first-order valence-electron chi connectivity index (χ1n) is 6.20. The van der Waals surface area contributed by atoms with Crippen LogP contribution in [0.25, 0.3) is 0 Å². The highest BCUT2D eigenvalue weighted by atomic mass is 16.5. The first-order valence-corrected chi connectivity index (χ1v) is 6.20. The van der Waals surface area contributed by atoms with Gasteiger partial charge < -0.3 is 15.4 Å². The van der Waals surface area contributed by atoms with E-state index in [2.05, 4.69) is 66.8 Å². The van der Waals surface area contributed by atoms with Crippen molar-refractivity contribution in [3.05, 3.63) is 29.8 Å². The van der Waals surface area contributed by atoms with Crippen LogP contribution < -0.4 is 10.6 Å². The molecule has 1 aliphatic rings. The van der Waals surface area contributed by atoms with Crippen LogP contribution in [0.1, 0.15) is 25.3 Å². The summed E-state index contributed by atoms with van der Waals surface area (Å²) in [7, 11) is 4.12. The van der Waals surface area contributed by atoms with E-state index in [-0.39, 0.29) is 0 Å². The summed E-state index contributed by atoms with van der Waals surface area (Å²) in [5.74, 6) is 0.626. The van der Waals surface area contributed by atoms with Gasteiger partial charge in [0.05, 0.1) is 6.54 Å². The van der Waals surface area contributed by atoms with Gasteiger partial charge in [-0.15, -0.1) is 0 Å². The van der Waals surface area contributed by atoms with E-state index in [0.717, 1.165) is 6.54 Å². The molecule has 0 saturated heterocycles. The zero-order valence-corrected chi connectivity index (χ0v) is 11.7. The highest BCUT2D eigenvalue weighted by molar-refractivity contribution is 5.72. The predicted octanol–water partition coefficient (Wildman–Crippen LogP) is 2.21. The van der Waals surface area contributed by atoms with Gasteiger partial charge in [0.1, 0.15) is 6.61 Å². The molecule has 0 radical (unpaired) electrons. The minimum Gasteiger partial charge on any atom is -0.463 e. The largest absolute Gasteiger partial charge is 0.463 e. The van der Waals surface area contributed by atoms with Crippen molar-refractivity contribution in [2.75, 3.05) is 32.1 Å². The highest BCUT2D eigenvalue weighted by Crippen LogP contribution is 2.18. The van der Waals surface area contributed by atoms with E-state index in [9.17, 15) is 0 Å². The molecule has 4 nitrogen and oxygen atoms in total. The van der Waals surface area contributed by atoms with Gasteiger partial charge in [-0.1, -0.05) is 26.0 Å². The minimum absolute atomic E-state index is 0.329. The Morgan fingerprint density at radius 1 is 1.22 bits per heavy atom. The Labute approximate surface area is 109 Å². The lowest BCUT2D eigenvalue weighted by Crippen LogP contribution is -2.10. The molecule has 2 rings (SSSR count). The van der Waals surface area contributed by atoms with Crippen LogP contribution in [-0.2, 0) is 4.74 Å². The molecule has 0 saturated carbocycles. The quantitative estimate of drug-likeness (QED) is 0.874. The highest BCUT2D eigenvalue weighted by Gasteiger charge is 1.99. The van der Waals surface area contributed by atoms with Crippen molar-refractivity contribution in [3.63, 3.8) is 0 Å². The van der Waals surface area contributed by atoms with Crippen LogP contribution >= 0.6 is 0 Å². The Morgan fingerprint density at radius 2 is 1.83 bits per heavy atom. The third kappa shape index (κ3) is 4.65. The molecular weight excluding hydrogens is 226 g/mol. The minimum atomic E-state index is 0.329. The first kappa shape index (κ1) is 14.4. The molecule has 0 fully saturated rings. The van der Waals surface area contributed by atoms with E-state index in [1.54, 1.807) is 0 Å². The molecule has 0 aliphatic carbocycles. The van der Waals surface area contributed by atoms with Crippen molar-refractivity contribution in [2.45, 2.75) is 19.8 Å². The van der Waals surface area contributed by atoms with Gasteiger partial charge in [0, 0.05) is 19.8 Å². The van der Waals surface area contributed by atoms with E-state index in [4.69, 9.17) is 5.73 Å². The number of ether oxygens (including phenoxy) is 1. The fourth-order valence-electron chi connectivity index (χ4n) is 1.51. The van der Waals surface area contributed by atoms with Crippen molar-refractivity contribution < 1.29 is 4.74 Å². The van der Waals surface area contributed by atoms with E-state index in [1.807, 2.05) is 0 Å². The standard InChI is InChI=1S/C11H17N.C3H6N2O/c1-9(2)10-5-7-11(8-6-10)12(3)4;4-3-5-1-2-6-3/h5-9H,1-4H3;1-2H2,(H2,4,5). The van der Waals surface area contributed by atoms with Crippen LogP contribution in [0.5, 0.6) is 0 Å². The van der Waals surface area contributed by atoms with Crippen LogP contribution in [0.15, 0.2) is 29.3 Å². The second-order valence-corrected chi connectivity index (χ2v) is 4.71. The van der Waals surface area contributed by atoms with Crippen molar-refractivity contribution in [3.8, 4) is 0 Å². The van der Waals surface area contributed by atoms with Crippen molar-refractivity contribution in [1.29, 1.82) is 0 Å². The number of nitrogens with two attached hydrogens (primary N) is 1. The van der Waals surface area contributed by atoms with Gasteiger partial charge in [-0.3, -0.25) is 0 Å². The molecule has 0 spiro atoms. The molecule has 4 heteroatoms. The molecule has 2 N–H and O–H groups in total. The van der Waals surface area contributed by atoms with E-state index >= 15 is 0 Å². The van der Waals surface area contributed by atoms with Crippen molar-refractivity contribution in [1.82, 2.24) is 0 Å². The van der Waals surface area contributed by atoms with E-state index < -0.39 is 0 Å². The van der Waals surface area contributed by atoms with Gasteiger partial charge in [-0.2, -0.15) is 0 Å². The maximum absolute atomic E-state index is 5.06. The van der Waals surface area contributed by atoms with Gasteiger partial charge in [0.25, 0.3) is 6.02 Å². The maximum atomic E-state index is 5.06. The molecule has 1 aliphatic heterocycles. The van der Waals surface area contributed by atoms with Crippen LogP contribution in [0.4, 0.5) is 5.69 Å². The lowest BCUT2D eigenvalue weighted by molar-refractivity contribution is 0.342. The molecule has 1 aromatic rings. The maximum Gasteiger partial charge on any atom is 0.282 e. The Morgan fingerprint density at radius 3 is 2.11 bits per heavy atom. The van der Waals surface area contributed by atoms with Crippen LogP contribution in [-0.4, -0.2) is 33.3 Å². The average Bonchev–Trinajstić information content (AvgIpc) is 2.81. The van der Waals surface area contributed by atoms with E-state index in [0.29, 0.717) is 18.5 Å². The van der Waals surface area contributed by atoms with Gasteiger partial charge in [0.15, 0.2) is 0 Å². The first-order chi connectivity index (χ1) is 8.50. The molecule has 100 valence electrons. The van der Waals surface area contributed by atoms with Crippen LogP contribution in [0.3, 0.4) is 0 Å². The SMILES string of the molecule is CC(C)c1ccc(N(C)C)cc1.NC1=NCCO1. The third-order valence-electron chi connectivity index (χ3n) is 2.69. The zero-order chi connectivity index (χ0) is 13.5. The smallest absolute Gasteiger partial charge is 0.282 e. The fourth-order valence-corrected chi connectivity index (χ4v) is 1.51. The third-order valence-corrected chi connectivity index (χ3v) is 2.69. The zero-order valence-electron chi connectivity index (χ0n) is 11.7. The Kier molecular flexibility index (Phi) is 5.49. The summed E-state index contributed by atoms with van der Waals surface area (Å²) in [6.07, 6.45) is 0. The Bertz CT molecular complexity index is 356. The Balaban J connectivity index is 0.000000225. The number of rotatable bonds is 2.